The van der Waals surface area contributed by atoms with E-state index in [1.165, 1.54) is 16.5 Å². The summed E-state index contributed by atoms with van der Waals surface area (Å²) in [5, 5.41) is 7.99. The molecule has 1 N–H and O–H groups in total. The molecule has 1 aliphatic carbocycles. The van der Waals surface area contributed by atoms with Gasteiger partial charge in [0.2, 0.25) is 0 Å². The monoisotopic (exact) mass is 545 g/mol. The topological polar surface area (TPSA) is 98.7 Å². The summed E-state index contributed by atoms with van der Waals surface area (Å²) in [4.78, 5) is 21.8. The fourth-order valence-corrected chi connectivity index (χ4v) is 4.79. The number of nitrogens with zero attached hydrogens (tertiary/aromatic N) is 8. The maximum Gasteiger partial charge on any atom is 0.434 e. The molecule has 0 atom stereocenters. The number of alkyl halides is 3. The lowest BCUT2D eigenvalue weighted by molar-refractivity contribution is -0.140. The fraction of sp³-hybridized carbons (Fsp3) is 0.286. The van der Waals surface area contributed by atoms with Crippen molar-refractivity contribution in [1.29, 1.82) is 0 Å². The number of anilines is 1. The Bertz CT molecular complexity index is 1700. The first-order valence-corrected chi connectivity index (χ1v) is 13.0. The molecule has 0 saturated carbocycles. The first kappa shape index (κ1) is 25.7. The van der Waals surface area contributed by atoms with Crippen LogP contribution in [0, 0.1) is 0 Å². The van der Waals surface area contributed by atoms with E-state index >= 15 is 0 Å². The van der Waals surface area contributed by atoms with Crippen molar-refractivity contribution in [3.05, 3.63) is 78.4 Å². The first-order valence-electron chi connectivity index (χ1n) is 13.0. The Hall–Kier alpha value is -4.61. The van der Waals surface area contributed by atoms with E-state index in [2.05, 4.69) is 36.4 Å². The zero-order valence-corrected chi connectivity index (χ0v) is 21.9. The second-order valence-corrected chi connectivity index (χ2v) is 9.89. The average Bonchev–Trinajstić information content (AvgIpc) is 3.72. The van der Waals surface area contributed by atoms with Crippen LogP contribution in [0.2, 0.25) is 0 Å². The van der Waals surface area contributed by atoms with Crippen molar-refractivity contribution in [1.82, 2.24) is 39.1 Å². The molecule has 0 unspecified atom stereocenters. The molecule has 0 bridgehead atoms. The van der Waals surface area contributed by atoms with Crippen LogP contribution in [0.1, 0.15) is 56.1 Å². The smallest absolute Gasteiger partial charge is 0.363 e. The quantitative estimate of drug-likeness (QED) is 0.259. The number of nitrogens with one attached hydrogen (secondary N) is 1. The predicted octanol–water partition coefficient (Wildman–Crippen LogP) is 6.22. The second-order valence-electron chi connectivity index (χ2n) is 9.89. The van der Waals surface area contributed by atoms with Gasteiger partial charge < -0.3 is 9.88 Å². The number of halogens is 3. The number of rotatable bonds is 7. The van der Waals surface area contributed by atoms with Gasteiger partial charge >= 0.3 is 6.18 Å². The van der Waals surface area contributed by atoms with E-state index in [9.17, 15) is 13.2 Å². The van der Waals surface area contributed by atoms with Crippen molar-refractivity contribution in [3.63, 3.8) is 0 Å². The Balaban J connectivity index is 1.27. The van der Waals surface area contributed by atoms with Crippen LogP contribution in [-0.2, 0) is 12.7 Å². The number of allylic oxidation sites excluding steroid dienone is 2. The molecule has 0 saturated heterocycles. The number of hydrogen-bond donors (Lipinski definition) is 1. The Labute approximate surface area is 227 Å². The van der Waals surface area contributed by atoms with Crippen molar-refractivity contribution in [2.24, 2.45) is 0 Å². The van der Waals surface area contributed by atoms with Gasteiger partial charge in [0, 0.05) is 42.9 Å². The van der Waals surface area contributed by atoms with E-state index in [1.807, 2.05) is 26.0 Å². The van der Waals surface area contributed by atoms with E-state index in [1.54, 1.807) is 35.2 Å². The third-order valence-electron chi connectivity index (χ3n) is 6.80. The number of fused-ring (bicyclic) bond motifs is 1. The molecule has 9 nitrogen and oxygen atoms in total. The van der Waals surface area contributed by atoms with E-state index in [4.69, 9.17) is 4.98 Å². The molecule has 40 heavy (non-hydrogen) atoms. The van der Waals surface area contributed by atoms with Gasteiger partial charge in [-0.2, -0.15) is 13.2 Å². The van der Waals surface area contributed by atoms with Gasteiger partial charge in [0.25, 0.3) is 0 Å². The Morgan fingerprint density at radius 2 is 1.90 bits per heavy atom. The summed E-state index contributed by atoms with van der Waals surface area (Å²) in [6.07, 6.45) is 8.49. The summed E-state index contributed by atoms with van der Waals surface area (Å²) in [5.41, 5.74) is 3.93. The normalized spacial score (nSPS) is 13.8. The minimum absolute atomic E-state index is 0.177. The van der Waals surface area contributed by atoms with E-state index in [0.29, 0.717) is 29.4 Å². The van der Waals surface area contributed by atoms with Gasteiger partial charge in [0.05, 0.1) is 11.3 Å². The fourth-order valence-electron chi connectivity index (χ4n) is 4.79. The molecule has 4 aromatic heterocycles. The maximum absolute atomic E-state index is 13.3. The van der Waals surface area contributed by atoms with Crippen molar-refractivity contribution in [3.8, 4) is 22.8 Å². The van der Waals surface area contributed by atoms with Crippen molar-refractivity contribution in [2.75, 3.05) is 5.32 Å². The van der Waals surface area contributed by atoms with Crippen molar-refractivity contribution < 1.29 is 13.2 Å². The van der Waals surface area contributed by atoms with E-state index < -0.39 is 11.9 Å². The zero-order chi connectivity index (χ0) is 27.9. The SMILES string of the molecule is CC(C)n1cc(C(F)(F)F)nc1-c1ccc(CNc2nc(-c3cncnc3C3=CCCC3)nn3ccnc23)cc1. The lowest BCUT2D eigenvalue weighted by atomic mass is 10.1. The molecule has 0 amide bonds. The third kappa shape index (κ3) is 4.92. The van der Waals surface area contributed by atoms with Gasteiger partial charge in [-0.1, -0.05) is 30.3 Å². The van der Waals surface area contributed by atoms with E-state index in [0.717, 1.165) is 42.3 Å². The van der Waals surface area contributed by atoms with Crippen molar-refractivity contribution in [2.45, 2.75) is 51.9 Å². The molecule has 1 aromatic carbocycles. The molecule has 204 valence electrons. The first-order chi connectivity index (χ1) is 19.3. The maximum atomic E-state index is 13.3. The molecular formula is C28H26F3N9. The van der Waals surface area contributed by atoms with Crippen LogP contribution >= 0.6 is 0 Å². The highest BCUT2D eigenvalue weighted by molar-refractivity contribution is 5.77. The number of benzene rings is 1. The van der Waals surface area contributed by atoms with Gasteiger partial charge in [-0.15, -0.1) is 5.10 Å². The molecule has 6 rings (SSSR count). The lowest BCUT2D eigenvalue weighted by Crippen LogP contribution is -2.08. The Morgan fingerprint density at radius 3 is 2.62 bits per heavy atom. The van der Waals surface area contributed by atoms with Crippen LogP contribution in [0.4, 0.5) is 19.0 Å². The molecule has 0 spiro atoms. The number of aromatic nitrogens is 8. The molecule has 5 aromatic rings. The highest BCUT2D eigenvalue weighted by atomic mass is 19.4. The van der Waals surface area contributed by atoms with Gasteiger partial charge in [-0.05, 0) is 44.2 Å². The van der Waals surface area contributed by atoms with Crippen LogP contribution in [0.15, 0.2) is 61.5 Å². The second kappa shape index (κ2) is 10.2. The summed E-state index contributed by atoms with van der Waals surface area (Å²) < 4.78 is 43.1. The molecule has 12 heteroatoms. The molecule has 0 radical (unpaired) electrons. The molecule has 0 aliphatic heterocycles. The highest BCUT2D eigenvalue weighted by Gasteiger charge is 2.35. The van der Waals surface area contributed by atoms with E-state index in [-0.39, 0.29) is 11.9 Å². The van der Waals surface area contributed by atoms with Crippen LogP contribution in [-0.4, -0.2) is 39.1 Å². The summed E-state index contributed by atoms with van der Waals surface area (Å²) >= 11 is 0. The van der Waals surface area contributed by atoms with Crippen LogP contribution in [0.5, 0.6) is 0 Å². The van der Waals surface area contributed by atoms with Crippen LogP contribution in [0.3, 0.4) is 0 Å². The van der Waals surface area contributed by atoms with Crippen LogP contribution < -0.4 is 5.32 Å². The number of imidazole rings is 2. The minimum atomic E-state index is -4.51. The highest BCUT2D eigenvalue weighted by Crippen LogP contribution is 2.34. The standard InChI is InChI=1S/C28H26F3N9/c1-17(2)39-15-22(28(29,30)31)36-26(39)20-9-7-18(8-10-20)13-34-25-27-33-11-12-40(27)38-24(37-25)21-14-32-16-35-23(21)19-5-3-4-6-19/h5,7-12,14-17H,3-4,6,13H2,1-2H3,(H,34,37,38). The molecule has 1 aliphatic rings. The van der Waals surface area contributed by atoms with Gasteiger partial charge in [0.15, 0.2) is 23.0 Å². The van der Waals surface area contributed by atoms with Gasteiger partial charge in [0.1, 0.15) is 12.2 Å². The van der Waals surface area contributed by atoms with Crippen LogP contribution in [0.25, 0.3) is 34.0 Å². The van der Waals surface area contributed by atoms with Crippen molar-refractivity contribution >= 4 is 17.0 Å². The third-order valence-corrected chi connectivity index (χ3v) is 6.80. The van der Waals surface area contributed by atoms with Gasteiger partial charge in [-0.3, -0.25) is 0 Å². The zero-order valence-electron chi connectivity index (χ0n) is 21.9. The summed E-state index contributed by atoms with van der Waals surface area (Å²) in [6, 6.07) is 7.09. The average molecular weight is 546 g/mol. The Kier molecular flexibility index (Phi) is 6.53. The predicted molar refractivity (Wildman–Crippen MR) is 144 cm³/mol. The molecule has 0 fully saturated rings. The molecule has 4 heterocycles. The van der Waals surface area contributed by atoms with Gasteiger partial charge in [-0.25, -0.2) is 29.4 Å². The Morgan fingerprint density at radius 1 is 1.07 bits per heavy atom. The summed E-state index contributed by atoms with van der Waals surface area (Å²) in [7, 11) is 0. The lowest BCUT2D eigenvalue weighted by Gasteiger charge is -2.13. The minimum Gasteiger partial charge on any atom is -0.363 e. The molecular weight excluding hydrogens is 519 g/mol. The number of hydrogen-bond acceptors (Lipinski definition) is 7. The largest absolute Gasteiger partial charge is 0.434 e. The summed E-state index contributed by atoms with van der Waals surface area (Å²) in [5.74, 6) is 1.30. The summed E-state index contributed by atoms with van der Waals surface area (Å²) in [6.45, 7) is 4.06.